The molecule has 0 aliphatic carbocycles. The van der Waals surface area contributed by atoms with Gasteiger partial charge in [0.05, 0.1) is 16.6 Å². The molecule has 1 aliphatic heterocycles. The zero-order valence-electron chi connectivity index (χ0n) is 13.9. The quantitative estimate of drug-likeness (QED) is 0.187. The average molecular weight is 446 g/mol. The number of hydrogen-bond acceptors (Lipinski definition) is 4. The predicted octanol–water partition coefficient (Wildman–Crippen LogP) is 2.50. The maximum atomic E-state index is 12.3. The SMILES string of the molecule is O=C1NC(=O)c2c1c1cccnc1c1[n-]c3ccc(O)cc3c21.[C-]#[O+].[CH3-].[Ru+2]. The summed E-state index contributed by atoms with van der Waals surface area (Å²) in [7, 11) is 0. The smallest absolute Gasteiger partial charge is 0.358 e. The number of phenols is 1. The first kappa shape index (κ1) is 20.3. The van der Waals surface area contributed by atoms with E-state index in [0.29, 0.717) is 43.8 Å². The fourth-order valence-corrected chi connectivity index (χ4v) is 3.30. The van der Waals surface area contributed by atoms with Crippen molar-refractivity contribution in [1.29, 1.82) is 0 Å². The molecule has 0 saturated carbocycles. The molecule has 0 atom stereocenters. The maximum Gasteiger partial charge on any atom is 2.00 e. The second-order valence-corrected chi connectivity index (χ2v) is 5.47. The molecule has 134 valence electrons. The van der Waals surface area contributed by atoms with Crippen molar-refractivity contribution in [2.75, 3.05) is 0 Å². The van der Waals surface area contributed by atoms with E-state index in [2.05, 4.69) is 21.9 Å². The molecule has 2 aromatic heterocycles. The van der Waals surface area contributed by atoms with E-state index < -0.39 is 11.8 Å². The van der Waals surface area contributed by atoms with Gasteiger partial charge in [0.25, 0.3) is 11.8 Å². The summed E-state index contributed by atoms with van der Waals surface area (Å²) in [6.45, 7) is 4.50. The number of phenolic OH excluding ortho intramolecular Hbond substituents is 1. The van der Waals surface area contributed by atoms with Crippen molar-refractivity contribution in [2.24, 2.45) is 0 Å². The van der Waals surface area contributed by atoms with Crippen LogP contribution in [0, 0.1) is 14.1 Å². The van der Waals surface area contributed by atoms with Crippen molar-refractivity contribution in [3.8, 4) is 5.75 Å². The zero-order chi connectivity index (χ0) is 17.7. The standard InChI is InChI=1S/C17H9N3O3.CO.CH3.Ru/c21-7-3-4-10-9(6-7)11-13-12(16(22)20-17(13)23)8-2-1-5-18-14(8)15(11)19-10;1-2;;/h1-6H,(H3,18,19,20,21,22,23);;1H3;/q;;-1;+2/p-1. The van der Waals surface area contributed by atoms with Gasteiger partial charge in [0.2, 0.25) is 0 Å². The van der Waals surface area contributed by atoms with Gasteiger partial charge in [-0.05, 0) is 29.0 Å². The number of nitrogens with one attached hydrogen (secondary N) is 1. The summed E-state index contributed by atoms with van der Waals surface area (Å²) in [4.78, 5) is 33.5. The molecule has 5 rings (SSSR count). The molecule has 0 spiro atoms. The third-order valence-corrected chi connectivity index (χ3v) is 4.20. The molecule has 0 fully saturated rings. The Bertz CT molecular complexity index is 1240. The molecule has 1 aliphatic rings. The van der Waals surface area contributed by atoms with Crippen molar-refractivity contribution in [1.82, 2.24) is 15.3 Å². The normalized spacial score (nSPS) is 11.9. The second-order valence-electron chi connectivity index (χ2n) is 5.47. The predicted molar refractivity (Wildman–Crippen MR) is 93.9 cm³/mol. The van der Waals surface area contributed by atoms with Crippen molar-refractivity contribution in [3.63, 3.8) is 0 Å². The van der Waals surface area contributed by atoms with Gasteiger partial charge in [-0.2, -0.15) is 0 Å². The van der Waals surface area contributed by atoms with Gasteiger partial charge in [0.15, 0.2) is 0 Å². The van der Waals surface area contributed by atoms with Crippen LogP contribution in [-0.4, -0.2) is 21.9 Å². The van der Waals surface area contributed by atoms with E-state index in [9.17, 15) is 14.7 Å². The van der Waals surface area contributed by atoms with Crippen molar-refractivity contribution in [3.05, 3.63) is 61.7 Å². The Morgan fingerprint density at radius 2 is 1.78 bits per heavy atom. The number of carbonyl (C=O) groups excluding carboxylic acids is 2. The third-order valence-electron chi connectivity index (χ3n) is 4.20. The number of hydrogen-bond donors (Lipinski definition) is 2. The Labute approximate surface area is 166 Å². The Morgan fingerprint density at radius 1 is 1.07 bits per heavy atom. The summed E-state index contributed by atoms with van der Waals surface area (Å²) in [5.74, 6) is -0.802. The number of nitrogens with zero attached hydrogens (tertiary/aromatic N) is 2. The Morgan fingerprint density at radius 3 is 2.52 bits per heavy atom. The molecule has 0 saturated heterocycles. The van der Waals surface area contributed by atoms with E-state index in [1.807, 2.05) is 0 Å². The van der Waals surface area contributed by atoms with Crippen LogP contribution in [0.4, 0.5) is 0 Å². The largest absolute Gasteiger partial charge is 2.00 e. The van der Waals surface area contributed by atoms with Gasteiger partial charge in [-0.1, -0.05) is 12.1 Å². The van der Waals surface area contributed by atoms with Crippen LogP contribution < -0.4 is 10.3 Å². The van der Waals surface area contributed by atoms with Crippen molar-refractivity contribution in [2.45, 2.75) is 0 Å². The van der Waals surface area contributed by atoms with E-state index in [1.54, 1.807) is 30.5 Å². The van der Waals surface area contributed by atoms with Crippen LogP contribution in [0.2, 0.25) is 0 Å². The van der Waals surface area contributed by atoms with Crippen LogP contribution in [0.3, 0.4) is 0 Å². The summed E-state index contributed by atoms with van der Waals surface area (Å²) in [6, 6.07) is 8.25. The van der Waals surface area contributed by atoms with Gasteiger partial charge in [-0.15, -0.1) is 11.0 Å². The number of pyridine rings is 1. The van der Waals surface area contributed by atoms with Gasteiger partial charge < -0.3 is 17.5 Å². The van der Waals surface area contributed by atoms with Gasteiger partial charge in [0.1, 0.15) is 5.75 Å². The van der Waals surface area contributed by atoms with Gasteiger partial charge in [0, 0.05) is 11.6 Å². The van der Waals surface area contributed by atoms with Gasteiger partial charge in [-0.3, -0.25) is 19.9 Å². The van der Waals surface area contributed by atoms with E-state index in [-0.39, 0.29) is 32.7 Å². The monoisotopic (exact) mass is 447 g/mol. The summed E-state index contributed by atoms with van der Waals surface area (Å²) in [5.41, 5.74) is 2.40. The molecule has 4 aromatic rings. The number of aromatic nitrogens is 2. The second kappa shape index (κ2) is 7.29. The molecule has 0 bridgehead atoms. The first-order chi connectivity index (χ1) is 12.1. The topological polar surface area (TPSA) is 113 Å². The average Bonchev–Trinajstić information content (AvgIpc) is 3.14. The third kappa shape index (κ3) is 2.71. The molecule has 2 aromatic carbocycles. The summed E-state index contributed by atoms with van der Waals surface area (Å²) < 4.78 is 7.50. The molecule has 2 amide bonds. The molecule has 0 unspecified atom stereocenters. The number of amides is 2. The molecule has 3 heterocycles. The van der Waals surface area contributed by atoms with E-state index >= 15 is 0 Å². The fraction of sp³-hybridized carbons (Fsp3) is 0. The van der Waals surface area contributed by atoms with Crippen molar-refractivity contribution >= 4 is 44.5 Å². The summed E-state index contributed by atoms with van der Waals surface area (Å²) in [5, 5.41) is 13.9. The Hall–Kier alpha value is -3.05. The molecule has 8 heteroatoms. The zero-order valence-corrected chi connectivity index (χ0v) is 15.6. The van der Waals surface area contributed by atoms with Crippen molar-refractivity contribution < 1.29 is 38.8 Å². The molecule has 0 radical (unpaired) electrons. The first-order valence-corrected chi connectivity index (χ1v) is 7.21. The number of rotatable bonds is 0. The van der Waals surface area contributed by atoms with Crippen LogP contribution in [0.1, 0.15) is 20.7 Å². The first-order valence-electron chi connectivity index (χ1n) is 7.21. The molecule has 27 heavy (non-hydrogen) atoms. The number of aromatic hydroxyl groups is 1. The maximum absolute atomic E-state index is 12.3. The number of carbonyl (C=O) groups is 2. The minimum atomic E-state index is -0.446. The van der Waals surface area contributed by atoms with Crippen LogP contribution in [0.15, 0.2) is 36.5 Å². The minimum Gasteiger partial charge on any atom is -0.358 e. The Kier molecular flexibility index (Phi) is 5.47. The van der Waals surface area contributed by atoms with E-state index in [0.717, 1.165) is 0 Å². The molecular weight excluding hydrogens is 435 g/mol. The van der Waals surface area contributed by atoms with E-state index in [4.69, 9.17) is 4.65 Å². The van der Waals surface area contributed by atoms with Gasteiger partial charge in [-0.25, -0.2) is 0 Å². The molecule has 2 N–H and O–H groups in total. The summed E-state index contributed by atoms with van der Waals surface area (Å²) in [6.07, 6.45) is 1.62. The number of imide groups is 1. The number of benzene rings is 2. The molecular formula is C19H11N3O4Ru. The Balaban J connectivity index is 0.000000634. The number of fused-ring (bicyclic) bond motifs is 8. The summed E-state index contributed by atoms with van der Waals surface area (Å²) >= 11 is 0. The van der Waals surface area contributed by atoms with Crippen LogP contribution in [0.5, 0.6) is 5.75 Å². The van der Waals surface area contributed by atoms with E-state index in [1.165, 1.54) is 6.07 Å². The molecule has 7 nitrogen and oxygen atoms in total. The van der Waals surface area contributed by atoms with Gasteiger partial charge >= 0.3 is 30.8 Å². The van der Waals surface area contributed by atoms with Crippen LogP contribution in [-0.2, 0) is 24.1 Å². The van der Waals surface area contributed by atoms with Crippen LogP contribution >= 0.6 is 0 Å². The van der Waals surface area contributed by atoms with Crippen LogP contribution in [0.25, 0.3) is 32.7 Å². The minimum absolute atomic E-state index is 0. The fourth-order valence-electron chi connectivity index (χ4n) is 3.30.